The minimum Gasteiger partial charge on any atom is -0.489 e. The van der Waals surface area contributed by atoms with Gasteiger partial charge in [0, 0.05) is 39.9 Å². The van der Waals surface area contributed by atoms with Crippen molar-refractivity contribution < 1.29 is 9.53 Å². The number of amides is 1. The number of halogens is 2. The van der Waals surface area contributed by atoms with Gasteiger partial charge in [-0.1, -0.05) is 61.3 Å². The Bertz CT molecular complexity index is 1040. The van der Waals surface area contributed by atoms with Crippen LogP contribution in [0.5, 0.6) is 5.75 Å². The van der Waals surface area contributed by atoms with Gasteiger partial charge in [0.05, 0.1) is 0 Å². The van der Waals surface area contributed by atoms with Crippen molar-refractivity contribution in [2.75, 3.05) is 10.6 Å². The maximum absolute atomic E-state index is 12.0. The molecule has 162 valence electrons. The summed E-state index contributed by atoms with van der Waals surface area (Å²) in [6, 6.07) is 21.0. The van der Waals surface area contributed by atoms with Crippen molar-refractivity contribution in [2.24, 2.45) is 5.92 Å². The lowest BCUT2D eigenvalue weighted by Crippen LogP contribution is -2.13. The van der Waals surface area contributed by atoms with Crippen LogP contribution >= 0.6 is 23.2 Å². The number of carbonyl (C=O) groups excluding carboxylic acids is 1. The molecular formula is C25H26Cl2N2O2. The molecule has 31 heavy (non-hydrogen) atoms. The molecule has 0 aliphatic carbocycles. The van der Waals surface area contributed by atoms with Crippen molar-refractivity contribution in [2.45, 2.75) is 33.4 Å². The summed E-state index contributed by atoms with van der Waals surface area (Å²) in [7, 11) is 0. The molecule has 3 aromatic rings. The van der Waals surface area contributed by atoms with Crippen LogP contribution in [0.1, 0.15) is 31.4 Å². The molecule has 0 spiro atoms. The van der Waals surface area contributed by atoms with Crippen molar-refractivity contribution in [3.05, 3.63) is 87.9 Å². The molecule has 0 unspecified atom stereocenters. The minimum absolute atomic E-state index is 0.0257. The van der Waals surface area contributed by atoms with Gasteiger partial charge in [-0.2, -0.15) is 0 Å². The molecule has 3 rings (SSSR count). The zero-order chi connectivity index (χ0) is 22.2. The summed E-state index contributed by atoms with van der Waals surface area (Å²) in [6.07, 6.45) is 0.506. The average Bonchev–Trinajstić information content (AvgIpc) is 2.71. The average molecular weight is 457 g/mol. The van der Waals surface area contributed by atoms with Gasteiger partial charge in [0.15, 0.2) is 0 Å². The highest BCUT2D eigenvalue weighted by Gasteiger charge is 2.06. The van der Waals surface area contributed by atoms with Gasteiger partial charge in [0.1, 0.15) is 12.4 Å². The van der Waals surface area contributed by atoms with Gasteiger partial charge in [-0.3, -0.25) is 4.79 Å². The van der Waals surface area contributed by atoms with Crippen LogP contribution in [-0.2, 0) is 17.9 Å². The highest BCUT2D eigenvalue weighted by molar-refractivity contribution is 6.35. The number of rotatable bonds is 9. The summed E-state index contributed by atoms with van der Waals surface area (Å²) < 4.78 is 5.90. The molecule has 0 bridgehead atoms. The summed E-state index contributed by atoms with van der Waals surface area (Å²) in [5.74, 6) is 1.12. The van der Waals surface area contributed by atoms with E-state index in [-0.39, 0.29) is 5.91 Å². The molecule has 0 fully saturated rings. The maximum Gasteiger partial charge on any atom is 0.224 e. The minimum atomic E-state index is 0.0257. The number of ether oxygens (including phenoxy) is 1. The SMILES string of the molecule is CC(C)CC(=O)Nc1cccc(NCc2cccc(OCc3ccc(Cl)cc3Cl)c2)c1. The second kappa shape index (κ2) is 11.1. The normalized spacial score (nSPS) is 10.7. The summed E-state index contributed by atoms with van der Waals surface area (Å²) in [6.45, 7) is 5.05. The van der Waals surface area contributed by atoms with Crippen molar-refractivity contribution >= 4 is 40.5 Å². The monoisotopic (exact) mass is 456 g/mol. The number of nitrogens with one attached hydrogen (secondary N) is 2. The number of hydrogen-bond donors (Lipinski definition) is 2. The van der Waals surface area contributed by atoms with E-state index < -0.39 is 0 Å². The Labute approximate surface area is 193 Å². The van der Waals surface area contributed by atoms with Crippen molar-refractivity contribution in [3.8, 4) is 5.75 Å². The Morgan fingerprint density at radius 3 is 2.52 bits per heavy atom. The zero-order valence-corrected chi connectivity index (χ0v) is 19.1. The third-order valence-electron chi connectivity index (χ3n) is 4.54. The van der Waals surface area contributed by atoms with Crippen LogP contribution in [0.3, 0.4) is 0 Å². The third kappa shape index (κ3) is 7.50. The molecule has 2 N–H and O–H groups in total. The van der Waals surface area contributed by atoms with E-state index in [4.69, 9.17) is 27.9 Å². The van der Waals surface area contributed by atoms with Crippen molar-refractivity contribution in [1.82, 2.24) is 0 Å². The molecule has 0 saturated carbocycles. The van der Waals surface area contributed by atoms with Crippen LogP contribution in [0, 0.1) is 5.92 Å². The first-order valence-corrected chi connectivity index (χ1v) is 10.9. The predicted molar refractivity (Wildman–Crippen MR) is 129 cm³/mol. The first-order valence-electron chi connectivity index (χ1n) is 10.2. The van der Waals surface area contributed by atoms with Gasteiger partial charge in [-0.25, -0.2) is 0 Å². The van der Waals surface area contributed by atoms with E-state index in [1.807, 2.05) is 68.4 Å². The van der Waals surface area contributed by atoms with Gasteiger partial charge in [0.25, 0.3) is 0 Å². The topological polar surface area (TPSA) is 50.4 Å². The second-order valence-electron chi connectivity index (χ2n) is 7.75. The second-order valence-corrected chi connectivity index (χ2v) is 8.60. The van der Waals surface area contributed by atoms with Crippen molar-refractivity contribution in [1.29, 1.82) is 0 Å². The fourth-order valence-electron chi connectivity index (χ4n) is 3.04. The Kier molecular flexibility index (Phi) is 8.21. The summed E-state index contributed by atoms with van der Waals surface area (Å²) >= 11 is 12.2. The molecule has 0 aliphatic heterocycles. The number of benzene rings is 3. The standard InChI is InChI=1S/C25H26Cl2N2O2/c1-17(2)11-25(30)29-22-7-4-6-21(14-22)28-15-18-5-3-8-23(12-18)31-16-19-9-10-20(26)13-24(19)27/h3-10,12-14,17,28H,11,15-16H2,1-2H3,(H,29,30). The molecule has 1 amide bonds. The van der Waals surface area contributed by atoms with Crippen LogP contribution in [0.25, 0.3) is 0 Å². The fourth-order valence-corrected chi connectivity index (χ4v) is 3.50. The lowest BCUT2D eigenvalue weighted by atomic mass is 10.1. The molecular weight excluding hydrogens is 431 g/mol. The van der Waals surface area contributed by atoms with Gasteiger partial charge < -0.3 is 15.4 Å². The highest BCUT2D eigenvalue weighted by Crippen LogP contribution is 2.23. The summed E-state index contributed by atoms with van der Waals surface area (Å²) in [5.41, 5.74) is 3.68. The van der Waals surface area contributed by atoms with E-state index in [0.717, 1.165) is 28.3 Å². The van der Waals surface area contributed by atoms with Crippen molar-refractivity contribution in [3.63, 3.8) is 0 Å². The quantitative estimate of drug-likeness (QED) is 0.358. The lowest BCUT2D eigenvalue weighted by molar-refractivity contribution is -0.116. The van der Waals surface area contributed by atoms with E-state index in [1.54, 1.807) is 12.1 Å². The maximum atomic E-state index is 12.0. The van der Waals surface area contributed by atoms with Crippen LogP contribution in [-0.4, -0.2) is 5.91 Å². The van der Waals surface area contributed by atoms with E-state index in [1.165, 1.54) is 0 Å². The summed E-state index contributed by atoms with van der Waals surface area (Å²) in [5, 5.41) is 7.52. The van der Waals surface area contributed by atoms with Crippen LogP contribution < -0.4 is 15.4 Å². The van der Waals surface area contributed by atoms with E-state index in [0.29, 0.717) is 35.5 Å². The Hall–Kier alpha value is -2.69. The van der Waals surface area contributed by atoms with E-state index in [9.17, 15) is 4.79 Å². The van der Waals surface area contributed by atoms with E-state index in [2.05, 4.69) is 10.6 Å². The molecule has 3 aromatic carbocycles. The van der Waals surface area contributed by atoms with Gasteiger partial charge in [0.2, 0.25) is 5.91 Å². The van der Waals surface area contributed by atoms with Crippen LogP contribution in [0.15, 0.2) is 66.7 Å². The predicted octanol–water partition coefficient (Wildman–Crippen LogP) is 7.17. The van der Waals surface area contributed by atoms with Crippen LogP contribution in [0.2, 0.25) is 10.0 Å². The summed E-state index contributed by atoms with van der Waals surface area (Å²) in [4.78, 5) is 12.0. The zero-order valence-electron chi connectivity index (χ0n) is 17.6. The largest absolute Gasteiger partial charge is 0.489 e. The Morgan fingerprint density at radius 2 is 1.74 bits per heavy atom. The highest BCUT2D eigenvalue weighted by atomic mass is 35.5. The lowest BCUT2D eigenvalue weighted by Gasteiger charge is -2.12. The third-order valence-corrected chi connectivity index (χ3v) is 5.13. The molecule has 4 nitrogen and oxygen atoms in total. The molecule has 0 heterocycles. The number of anilines is 2. The smallest absolute Gasteiger partial charge is 0.224 e. The molecule has 6 heteroatoms. The fraction of sp³-hybridized carbons (Fsp3) is 0.240. The van der Waals surface area contributed by atoms with E-state index >= 15 is 0 Å². The molecule has 0 atom stereocenters. The van der Waals surface area contributed by atoms with Gasteiger partial charge in [-0.15, -0.1) is 0 Å². The molecule has 0 aliphatic rings. The number of hydrogen-bond acceptors (Lipinski definition) is 3. The van der Waals surface area contributed by atoms with Gasteiger partial charge in [-0.05, 0) is 53.9 Å². The van der Waals surface area contributed by atoms with Gasteiger partial charge >= 0.3 is 0 Å². The molecule has 0 radical (unpaired) electrons. The number of carbonyl (C=O) groups is 1. The van der Waals surface area contributed by atoms with Crippen LogP contribution in [0.4, 0.5) is 11.4 Å². The Balaban J connectivity index is 1.56. The Morgan fingerprint density at radius 1 is 0.968 bits per heavy atom. The molecule has 0 aromatic heterocycles. The molecule has 0 saturated heterocycles. The first-order chi connectivity index (χ1) is 14.9. The first kappa shape index (κ1) is 23.0.